The number of carbonyl (C=O) groups is 2. The summed E-state index contributed by atoms with van der Waals surface area (Å²) >= 11 is 5.74. The second-order valence-corrected chi connectivity index (χ2v) is 7.90. The molecule has 2 saturated carbocycles. The Kier molecular flexibility index (Phi) is 4.10. The third-order valence-corrected chi connectivity index (χ3v) is 6.33. The van der Waals surface area contributed by atoms with Crippen LogP contribution in [0.1, 0.15) is 37.8 Å². The van der Waals surface area contributed by atoms with Gasteiger partial charge in [0.25, 0.3) is 0 Å². The number of rotatable bonds is 3. The third kappa shape index (κ3) is 2.82. The van der Waals surface area contributed by atoms with Crippen LogP contribution in [0.15, 0.2) is 12.1 Å². The van der Waals surface area contributed by atoms with Crippen molar-refractivity contribution in [3.63, 3.8) is 0 Å². The van der Waals surface area contributed by atoms with Crippen molar-refractivity contribution in [1.29, 1.82) is 0 Å². The molecule has 4 rings (SSSR count). The van der Waals surface area contributed by atoms with Crippen molar-refractivity contribution in [3.05, 3.63) is 34.4 Å². The van der Waals surface area contributed by atoms with Crippen LogP contribution in [-0.4, -0.2) is 36.0 Å². The molecule has 1 aromatic rings. The summed E-state index contributed by atoms with van der Waals surface area (Å²) < 4.78 is 28.1. The molecule has 0 bridgehead atoms. The number of benzene rings is 1. The molecule has 8 heteroatoms. The molecule has 1 heterocycles. The van der Waals surface area contributed by atoms with E-state index >= 15 is 0 Å². The van der Waals surface area contributed by atoms with Gasteiger partial charge >= 0.3 is 6.03 Å². The Bertz CT molecular complexity index is 784. The number of urea groups is 1. The monoisotopic (exact) mass is 383 g/mol. The average molecular weight is 384 g/mol. The molecule has 1 spiro atoms. The smallest absolute Gasteiger partial charge is 0.318 e. The van der Waals surface area contributed by atoms with Gasteiger partial charge < -0.3 is 15.5 Å². The molecule has 140 valence electrons. The summed E-state index contributed by atoms with van der Waals surface area (Å²) in [6, 6.07) is 0.876. The van der Waals surface area contributed by atoms with Crippen LogP contribution < -0.4 is 10.6 Å². The van der Waals surface area contributed by atoms with E-state index in [1.54, 1.807) is 6.92 Å². The first kappa shape index (κ1) is 17.5. The van der Waals surface area contributed by atoms with Gasteiger partial charge in [0.1, 0.15) is 22.7 Å². The minimum atomic E-state index is -0.830. The van der Waals surface area contributed by atoms with Crippen molar-refractivity contribution in [3.8, 4) is 0 Å². The van der Waals surface area contributed by atoms with E-state index in [2.05, 4.69) is 10.6 Å². The van der Waals surface area contributed by atoms with Crippen LogP contribution in [0.25, 0.3) is 0 Å². The van der Waals surface area contributed by atoms with E-state index in [-0.39, 0.29) is 22.8 Å². The first-order valence-electron chi connectivity index (χ1n) is 8.82. The van der Waals surface area contributed by atoms with Crippen LogP contribution in [0.5, 0.6) is 0 Å². The van der Waals surface area contributed by atoms with E-state index in [4.69, 9.17) is 11.6 Å². The molecular formula is C18H20ClF2N3O2. The number of hydrogen-bond acceptors (Lipinski definition) is 2. The summed E-state index contributed by atoms with van der Waals surface area (Å²) in [6.45, 7) is 2.41. The van der Waals surface area contributed by atoms with Crippen molar-refractivity contribution in [2.45, 2.75) is 38.3 Å². The maximum Gasteiger partial charge on any atom is 0.318 e. The normalized spacial score (nSPS) is 27.1. The van der Waals surface area contributed by atoms with Gasteiger partial charge in [-0.25, -0.2) is 13.6 Å². The van der Waals surface area contributed by atoms with Crippen LogP contribution in [-0.2, 0) is 4.79 Å². The molecule has 1 aromatic carbocycles. The van der Waals surface area contributed by atoms with E-state index < -0.39 is 34.8 Å². The van der Waals surface area contributed by atoms with Gasteiger partial charge in [-0.3, -0.25) is 4.79 Å². The van der Waals surface area contributed by atoms with Gasteiger partial charge in [-0.15, -0.1) is 0 Å². The number of nitrogens with zero attached hydrogens (tertiary/aromatic N) is 1. The largest absolute Gasteiger partial charge is 0.353 e. The Morgan fingerprint density at radius 1 is 1.42 bits per heavy atom. The van der Waals surface area contributed by atoms with Crippen molar-refractivity contribution in [1.82, 2.24) is 15.5 Å². The first-order chi connectivity index (χ1) is 12.3. The van der Waals surface area contributed by atoms with Crippen LogP contribution >= 0.6 is 11.6 Å². The summed E-state index contributed by atoms with van der Waals surface area (Å²) in [5.41, 5.74) is 0.378. The van der Waals surface area contributed by atoms with E-state index in [0.717, 1.165) is 25.3 Å². The number of carbonyl (C=O) groups excluding carboxylic acids is 2. The predicted octanol–water partition coefficient (Wildman–Crippen LogP) is 2.99. The number of piperazine rings is 1. The van der Waals surface area contributed by atoms with Gasteiger partial charge in [0.2, 0.25) is 5.91 Å². The minimum Gasteiger partial charge on any atom is -0.353 e. The summed E-state index contributed by atoms with van der Waals surface area (Å²) in [5.74, 6) is -1.76. The zero-order valence-electron chi connectivity index (χ0n) is 14.3. The average Bonchev–Trinajstić information content (AvgIpc) is 3.53. The van der Waals surface area contributed by atoms with Gasteiger partial charge in [0.15, 0.2) is 0 Å². The van der Waals surface area contributed by atoms with Crippen LogP contribution in [0.2, 0.25) is 5.02 Å². The SMILES string of the molecule is C[C@@H]1C(=O)NCCN1C(=O)NC(c1ccc(F)c(Cl)c1F)C1CC12CC2. The highest BCUT2D eigenvalue weighted by atomic mass is 35.5. The molecule has 26 heavy (non-hydrogen) atoms. The fraction of sp³-hybridized carbons (Fsp3) is 0.556. The fourth-order valence-electron chi connectivity index (χ4n) is 4.04. The lowest BCUT2D eigenvalue weighted by Crippen LogP contribution is -2.58. The lowest BCUT2D eigenvalue weighted by Gasteiger charge is -2.34. The quantitative estimate of drug-likeness (QED) is 0.788. The lowest BCUT2D eigenvalue weighted by atomic mass is 9.99. The Hall–Kier alpha value is -1.89. The Balaban J connectivity index is 1.60. The highest BCUT2D eigenvalue weighted by molar-refractivity contribution is 6.31. The zero-order chi connectivity index (χ0) is 18.6. The maximum absolute atomic E-state index is 14.6. The molecule has 2 N–H and O–H groups in total. The molecule has 0 aromatic heterocycles. The minimum absolute atomic E-state index is 0.108. The molecule has 5 nitrogen and oxygen atoms in total. The highest BCUT2D eigenvalue weighted by Crippen LogP contribution is 2.74. The topological polar surface area (TPSA) is 61.4 Å². The molecule has 3 aliphatic rings. The van der Waals surface area contributed by atoms with Crippen LogP contribution in [0, 0.1) is 23.0 Å². The molecule has 2 aliphatic carbocycles. The molecule has 3 amide bonds. The van der Waals surface area contributed by atoms with Crippen LogP contribution in [0.4, 0.5) is 13.6 Å². The number of nitrogens with one attached hydrogen (secondary N) is 2. The summed E-state index contributed by atoms with van der Waals surface area (Å²) in [4.78, 5) is 26.0. The van der Waals surface area contributed by atoms with Gasteiger partial charge in [-0.2, -0.15) is 0 Å². The highest BCUT2D eigenvalue weighted by Gasteiger charge is 2.65. The number of amides is 3. The number of halogens is 3. The Morgan fingerprint density at radius 2 is 2.15 bits per heavy atom. The molecule has 2 unspecified atom stereocenters. The lowest BCUT2D eigenvalue weighted by molar-refractivity contribution is -0.126. The van der Waals surface area contributed by atoms with Crippen molar-refractivity contribution < 1.29 is 18.4 Å². The molecular weight excluding hydrogens is 364 g/mol. The number of hydrogen-bond donors (Lipinski definition) is 2. The molecule has 0 radical (unpaired) electrons. The van der Waals surface area contributed by atoms with E-state index in [1.165, 1.54) is 11.0 Å². The second-order valence-electron chi connectivity index (χ2n) is 7.53. The molecule has 3 atom stereocenters. The van der Waals surface area contributed by atoms with E-state index in [1.807, 2.05) is 0 Å². The maximum atomic E-state index is 14.6. The van der Waals surface area contributed by atoms with Gasteiger partial charge in [-0.1, -0.05) is 17.7 Å². The summed E-state index contributed by atoms with van der Waals surface area (Å²) in [6.07, 6.45) is 3.02. The van der Waals surface area contributed by atoms with E-state index in [9.17, 15) is 18.4 Å². The predicted molar refractivity (Wildman–Crippen MR) is 91.6 cm³/mol. The fourth-order valence-corrected chi connectivity index (χ4v) is 4.21. The van der Waals surface area contributed by atoms with Gasteiger partial charge in [0, 0.05) is 18.7 Å². The zero-order valence-corrected chi connectivity index (χ0v) is 15.1. The van der Waals surface area contributed by atoms with Gasteiger partial charge in [-0.05, 0) is 43.6 Å². The molecule has 1 saturated heterocycles. The van der Waals surface area contributed by atoms with Crippen LogP contribution in [0.3, 0.4) is 0 Å². The second kappa shape index (κ2) is 6.08. The standard InChI is InChI=1S/C18H20ClF2N3O2/c1-9-16(25)22-6-7-24(9)17(26)23-15(11-8-18(11)4-5-18)10-2-3-12(20)13(19)14(10)21/h2-3,9,11,15H,4-8H2,1H3,(H,22,25)(H,23,26)/t9-,11?,15?/m1/s1. The van der Waals surface area contributed by atoms with Gasteiger partial charge in [0.05, 0.1) is 6.04 Å². The van der Waals surface area contributed by atoms with Crippen molar-refractivity contribution >= 4 is 23.5 Å². The first-order valence-corrected chi connectivity index (χ1v) is 9.20. The van der Waals surface area contributed by atoms with Crippen molar-refractivity contribution in [2.75, 3.05) is 13.1 Å². The molecule has 1 aliphatic heterocycles. The van der Waals surface area contributed by atoms with E-state index in [0.29, 0.717) is 13.1 Å². The van der Waals surface area contributed by atoms with Crippen molar-refractivity contribution in [2.24, 2.45) is 11.3 Å². The Labute approximate surface area is 155 Å². The Morgan fingerprint density at radius 3 is 2.81 bits per heavy atom. The summed E-state index contributed by atoms with van der Waals surface area (Å²) in [7, 11) is 0. The molecule has 3 fully saturated rings. The third-order valence-electron chi connectivity index (χ3n) is 5.99. The summed E-state index contributed by atoms with van der Waals surface area (Å²) in [5, 5.41) is 5.03.